The molecule has 0 bridgehead atoms. The summed E-state index contributed by atoms with van der Waals surface area (Å²) in [6.45, 7) is 9.71. The number of rotatable bonds is 4. The molecule has 1 aliphatic heterocycles. The fourth-order valence-corrected chi connectivity index (χ4v) is 2.52. The zero-order valence-corrected chi connectivity index (χ0v) is 13.7. The Kier molecular flexibility index (Phi) is 4.65. The molecule has 0 aliphatic carbocycles. The third kappa shape index (κ3) is 3.18. The highest BCUT2D eigenvalue weighted by Gasteiger charge is 2.53. The lowest BCUT2D eigenvalue weighted by Gasteiger charge is -2.32. The highest BCUT2D eigenvalue weighted by Crippen LogP contribution is 2.41. The molecule has 2 nitrogen and oxygen atoms in total. The Morgan fingerprint density at radius 3 is 1.95 bits per heavy atom. The summed E-state index contributed by atoms with van der Waals surface area (Å²) in [5.41, 5.74) is -0.810. The molecule has 1 unspecified atom stereocenters. The second kappa shape index (κ2) is 5.89. The Bertz CT molecular complexity index is 545. The molecule has 0 radical (unpaired) electrons. The van der Waals surface area contributed by atoms with Crippen LogP contribution in [0.15, 0.2) is 12.1 Å². The van der Waals surface area contributed by atoms with Crippen LogP contribution in [-0.4, -0.2) is 18.3 Å². The first-order valence-electron chi connectivity index (χ1n) is 7.56. The van der Waals surface area contributed by atoms with Crippen LogP contribution in [0.3, 0.4) is 0 Å². The van der Waals surface area contributed by atoms with Crippen molar-refractivity contribution in [1.82, 2.24) is 0 Å². The van der Waals surface area contributed by atoms with E-state index in [9.17, 15) is 13.2 Å². The van der Waals surface area contributed by atoms with E-state index in [1.165, 1.54) is 0 Å². The van der Waals surface area contributed by atoms with Crippen LogP contribution in [-0.2, 0) is 15.7 Å². The fraction of sp³-hybridized carbons (Fsp3) is 0.625. The summed E-state index contributed by atoms with van der Waals surface area (Å²) in [6.07, 6.45) is 0.908. The molecule has 1 fully saturated rings. The molecule has 122 valence electrons. The van der Waals surface area contributed by atoms with Gasteiger partial charge in [0.05, 0.1) is 11.2 Å². The Labute approximate surface area is 130 Å². The molecule has 6 heteroatoms. The van der Waals surface area contributed by atoms with Crippen LogP contribution in [0, 0.1) is 17.5 Å². The molecule has 1 aliphatic rings. The van der Waals surface area contributed by atoms with E-state index >= 15 is 0 Å². The summed E-state index contributed by atoms with van der Waals surface area (Å²) < 4.78 is 52.1. The summed E-state index contributed by atoms with van der Waals surface area (Å²) >= 11 is 0. The van der Waals surface area contributed by atoms with Crippen molar-refractivity contribution in [2.45, 2.75) is 64.5 Å². The topological polar surface area (TPSA) is 18.5 Å². The summed E-state index contributed by atoms with van der Waals surface area (Å²) in [4.78, 5) is 0. The maximum atomic E-state index is 13.8. The van der Waals surface area contributed by atoms with Crippen LogP contribution in [0.4, 0.5) is 13.2 Å². The second-order valence-corrected chi connectivity index (χ2v) is 6.85. The largest absolute Gasteiger partial charge is 0.461 e. The minimum absolute atomic E-state index is 0.139. The summed E-state index contributed by atoms with van der Waals surface area (Å²) in [5.74, 6) is -3.10. The molecule has 2 rings (SSSR count). The number of benzene rings is 1. The lowest BCUT2D eigenvalue weighted by molar-refractivity contribution is 0.00578. The molecule has 1 aromatic carbocycles. The quantitative estimate of drug-likeness (QED) is 0.601. The van der Waals surface area contributed by atoms with Gasteiger partial charge in [0.25, 0.3) is 0 Å². The van der Waals surface area contributed by atoms with Gasteiger partial charge in [-0.3, -0.25) is 0 Å². The van der Waals surface area contributed by atoms with Crippen molar-refractivity contribution in [3.63, 3.8) is 0 Å². The van der Waals surface area contributed by atoms with E-state index in [1.807, 2.05) is 34.6 Å². The average molecular weight is 314 g/mol. The summed E-state index contributed by atoms with van der Waals surface area (Å²) in [7, 11) is -0.498. The summed E-state index contributed by atoms with van der Waals surface area (Å²) in [6, 6.07) is 1.50. The van der Waals surface area contributed by atoms with Crippen LogP contribution in [0.2, 0.25) is 5.82 Å². The molecule has 22 heavy (non-hydrogen) atoms. The number of hydrogen-bond donors (Lipinski definition) is 0. The normalized spacial score (nSPS) is 21.2. The third-order valence-corrected chi connectivity index (χ3v) is 4.75. The predicted octanol–water partition coefficient (Wildman–Crippen LogP) is 4.52. The van der Waals surface area contributed by atoms with Crippen molar-refractivity contribution < 1.29 is 22.5 Å². The van der Waals surface area contributed by atoms with Crippen molar-refractivity contribution in [3.05, 3.63) is 35.1 Å². The maximum absolute atomic E-state index is 13.8. The molecule has 1 aromatic rings. The minimum Gasteiger partial charge on any atom is -0.403 e. The van der Waals surface area contributed by atoms with Crippen LogP contribution in [0.5, 0.6) is 0 Å². The van der Waals surface area contributed by atoms with E-state index in [1.54, 1.807) is 0 Å². The third-order valence-electron chi connectivity index (χ3n) is 4.75. The molecule has 0 amide bonds. The first-order chi connectivity index (χ1) is 10.1. The van der Waals surface area contributed by atoms with Gasteiger partial charge in [-0.25, -0.2) is 13.2 Å². The Hall–Kier alpha value is -1.01. The van der Waals surface area contributed by atoms with Crippen molar-refractivity contribution in [3.8, 4) is 0 Å². The molecule has 1 saturated heterocycles. The van der Waals surface area contributed by atoms with Crippen LogP contribution >= 0.6 is 0 Å². The van der Waals surface area contributed by atoms with E-state index in [0.717, 1.165) is 6.07 Å². The fourth-order valence-electron chi connectivity index (χ4n) is 2.52. The molecule has 0 aromatic heterocycles. The lowest BCUT2D eigenvalue weighted by atomic mass is 9.67. The van der Waals surface area contributed by atoms with Gasteiger partial charge >= 0.3 is 7.12 Å². The van der Waals surface area contributed by atoms with Crippen molar-refractivity contribution in [2.75, 3.05) is 0 Å². The molecule has 0 N–H and O–H groups in total. The smallest absolute Gasteiger partial charge is 0.403 e. The van der Waals surface area contributed by atoms with Gasteiger partial charge in [-0.2, -0.15) is 0 Å². The highest BCUT2D eigenvalue weighted by molar-refractivity contribution is 6.47. The maximum Gasteiger partial charge on any atom is 0.461 e. The highest BCUT2D eigenvalue weighted by atomic mass is 19.2. The standard InChI is InChI=1S/C16H22BF3O2/c1-6-11(17-21-15(2,3)16(4,5)22-17)7-10-8-13(19)14(20)9-12(10)18/h8-9,11H,6-7H2,1-5H3. The van der Waals surface area contributed by atoms with Crippen molar-refractivity contribution >= 4 is 7.12 Å². The van der Waals surface area contributed by atoms with Crippen LogP contribution < -0.4 is 0 Å². The molecule has 0 saturated carbocycles. The molecular formula is C16H22BF3O2. The van der Waals surface area contributed by atoms with Crippen molar-refractivity contribution in [1.29, 1.82) is 0 Å². The van der Waals surface area contributed by atoms with Gasteiger partial charge in [0.1, 0.15) is 5.82 Å². The molecular weight excluding hydrogens is 292 g/mol. The van der Waals surface area contributed by atoms with Gasteiger partial charge in [0.2, 0.25) is 0 Å². The van der Waals surface area contributed by atoms with Crippen LogP contribution in [0.25, 0.3) is 0 Å². The van der Waals surface area contributed by atoms with Gasteiger partial charge < -0.3 is 9.31 Å². The average Bonchev–Trinajstić information content (AvgIpc) is 2.61. The monoisotopic (exact) mass is 314 g/mol. The van der Waals surface area contributed by atoms with Gasteiger partial charge in [0.15, 0.2) is 11.6 Å². The van der Waals surface area contributed by atoms with Gasteiger partial charge in [-0.05, 0) is 51.6 Å². The Morgan fingerprint density at radius 2 is 1.45 bits per heavy atom. The molecule has 1 atom stereocenters. The van der Waals surface area contributed by atoms with Gasteiger partial charge in [-0.1, -0.05) is 13.3 Å². The minimum atomic E-state index is -1.18. The zero-order chi connectivity index (χ0) is 16.7. The second-order valence-electron chi connectivity index (χ2n) is 6.85. The number of halogens is 3. The van der Waals surface area contributed by atoms with E-state index < -0.39 is 35.8 Å². The van der Waals surface area contributed by atoms with Gasteiger partial charge in [0, 0.05) is 6.07 Å². The SMILES string of the molecule is CCC(Cc1cc(F)c(F)cc1F)B1OC(C)(C)C(C)(C)O1. The number of hydrogen-bond acceptors (Lipinski definition) is 2. The van der Waals surface area contributed by atoms with E-state index in [2.05, 4.69) is 0 Å². The zero-order valence-electron chi connectivity index (χ0n) is 13.7. The Morgan fingerprint density at radius 1 is 0.955 bits per heavy atom. The van der Waals surface area contributed by atoms with E-state index in [-0.39, 0.29) is 17.8 Å². The molecule has 0 spiro atoms. The first-order valence-corrected chi connectivity index (χ1v) is 7.56. The van der Waals surface area contributed by atoms with Gasteiger partial charge in [-0.15, -0.1) is 0 Å². The van der Waals surface area contributed by atoms with Crippen molar-refractivity contribution in [2.24, 2.45) is 0 Å². The lowest BCUT2D eigenvalue weighted by Crippen LogP contribution is -2.41. The predicted molar refractivity (Wildman–Crippen MR) is 80.1 cm³/mol. The van der Waals surface area contributed by atoms with Crippen LogP contribution in [0.1, 0.15) is 46.6 Å². The Balaban J connectivity index is 2.19. The summed E-state index contributed by atoms with van der Waals surface area (Å²) in [5, 5.41) is 0. The molecule has 1 heterocycles. The van der Waals surface area contributed by atoms with E-state index in [4.69, 9.17) is 9.31 Å². The van der Waals surface area contributed by atoms with E-state index in [0.29, 0.717) is 12.5 Å². The first kappa shape index (κ1) is 17.4.